The maximum atomic E-state index is 5.89. The molecule has 0 spiro atoms. The standard InChI is InChI=1S/C15H14BrN5/c16-10-3-1-9(2-4-10)8-19-11-5-6-13-12(7-11)14(17)21-15(18)20-13/h1-7,19H,8H2,(H4,17,18,20,21). The van der Waals surface area contributed by atoms with Crippen molar-refractivity contribution in [1.82, 2.24) is 9.97 Å². The van der Waals surface area contributed by atoms with E-state index in [0.29, 0.717) is 5.82 Å². The van der Waals surface area contributed by atoms with Gasteiger partial charge in [-0.15, -0.1) is 0 Å². The van der Waals surface area contributed by atoms with E-state index in [4.69, 9.17) is 11.5 Å². The van der Waals surface area contributed by atoms with Gasteiger partial charge in [0.2, 0.25) is 5.95 Å². The van der Waals surface area contributed by atoms with Crippen molar-refractivity contribution in [3.05, 3.63) is 52.5 Å². The van der Waals surface area contributed by atoms with Crippen LogP contribution in [0.2, 0.25) is 0 Å². The summed E-state index contributed by atoms with van der Waals surface area (Å²) < 4.78 is 1.07. The summed E-state index contributed by atoms with van der Waals surface area (Å²) in [6, 6.07) is 13.9. The van der Waals surface area contributed by atoms with Crippen molar-refractivity contribution in [1.29, 1.82) is 0 Å². The molecule has 0 saturated heterocycles. The largest absolute Gasteiger partial charge is 0.383 e. The zero-order chi connectivity index (χ0) is 14.8. The first kappa shape index (κ1) is 13.6. The van der Waals surface area contributed by atoms with Crippen LogP contribution >= 0.6 is 15.9 Å². The van der Waals surface area contributed by atoms with Crippen molar-refractivity contribution in [2.75, 3.05) is 16.8 Å². The molecule has 0 fully saturated rings. The minimum Gasteiger partial charge on any atom is -0.383 e. The number of hydrogen-bond donors (Lipinski definition) is 3. The number of nitrogens with two attached hydrogens (primary N) is 2. The molecule has 0 aliphatic heterocycles. The van der Waals surface area contributed by atoms with Gasteiger partial charge in [0, 0.05) is 22.1 Å². The molecular formula is C15H14BrN5. The fraction of sp³-hybridized carbons (Fsp3) is 0.0667. The molecule has 0 unspecified atom stereocenters. The predicted molar refractivity (Wildman–Crippen MR) is 89.8 cm³/mol. The highest BCUT2D eigenvalue weighted by Crippen LogP contribution is 2.23. The SMILES string of the molecule is Nc1nc(N)c2cc(NCc3ccc(Br)cc3)ccc2n1. The molecule has 5 N–H and O–H groups in total. The fourth-order valence-corrected chi connectivity index (χ4v) is 2.35. The van der Waals surface area contributed by atoms with Gasteiger partial charge in [0.15, 0.2) is 0 Å². The highest BCUT2D eigenvalue weighted by molar-refractivity contribution is 9.10. The van der Waals surface area contributed by atoms with E-state index >= 15 is 0 Å². The number of halogens is 1. The van der Waals surface area contributed by atoms with Gasteiger partial charge in [0.05, 0.1) is 5.52 Å². The lowest BCUT2D eigenvalue weighted by Crippen LogP contribution is -2.02. The maximum absolute atomic E-state index is 5.89. The zero-order valence-electron chi connectivity index (χ0n) is 11.2. The second-order valence-corrected chi connectivity index (χ2v) is 5.59. The average molecular weight is 344 g/mol. The Bertz CT molecular complexity index is 786. The Kier molecular flexibility index (Phi) is 3.62. The number of rotatable bonds is 3. The minimum atomic E-state index is 0.190. The summed E-state index contributed by atoms with van der Waals surface area (Å²) in [7, 11) is 0. The Hall–Kier alpha value is -2.34. The van der Waals surface area contributed by atoms with Crippen molar-refractivity contribution >= 4 is 44.3 Å². The molecule has 0 aliphatic carbocycles. The summed E-state index contributed by atoms with van der Waals surface area (Å²) in [5, 5.41) is 4.15. The fourth-order valence-electron chi connectivity index (χ4n) is 2.09. The molecule has 2 aromatic carbocycles. The van der Waals surface area contributed by atoms with Crippen molar-refractivity contribution in [2.45, 2.75) is 6.54 Å². The lowest BCUT2D eigenvalue weighted by Gasteiger charge is -2.09. The van der Waals surface area contributed by atoms with Crippen molar-refractivity contribution in [2.24, 2.45) is 0 Å². The summed E-state index contributed by atoms with van der Waals surface area (Å²) in [6.45, 7) is 0.731. The lowest BCUT2D eigenvalue weighted by atomic mass is 10.2. The Labute approximate surface area is 130 Å². The van der Waals surface area contributed by atoms with Crippen LogP contribution in [0.15, 0.2) is 46.9 Å². The van der Waals surface area contributed by atoms with Gasteiger partial charge in [-0.3, -0.25) is 0 Å². The summed E-state index contributed by atoms with van der Waals surface area (Å²) in [5.41, 5.74) is 14.4. The molecule has 3 aromatic rings. The molecule has 3 rings (SSSR count). The number of fused-ring (bicyclic) bond motifs is 1. The number of nitrogens with one attached hydrogen (secondary N) is 1. The third-order valence-corrected chi connectivity index (χ3v) is 3.68. The third kappa shape index (κ3) is 3.05. The number of benzene rings is 2. The molecule has 0 bridgehead atoms. The van der Waals surface area contributed by atoms with Crippen LogP contribution in [0.4, 0.5) is 17.5 Å². The van der Waals surface area contributed by atoms with Crippen LogP contribution in [0.25, 0.3) is 10.9 Å². The van der Waals surface area contributed by atoms with E-state index in [0.717, 1.165) is 27.6 Å². The molecule has 106 valence electrons. The topological polar surface area (TPSA) is 89.8 Å². The molecule has 0 amide bonds. The van der Waals surface area contributed by atoms with Gasteiger partial charge in [-0.05, 0) is 35.9 Å². The molecule has 0 aliphatic rings. The van der Waals surface area contributed by atoms with Crippen LogP contribution < -0.4 is 16.8 Å². The molecule has 21 heavy (non-hydrogen) atoms. The van der Waals surface area contributed by atoms with Crippen molar-refractivity contribution in [3.63, 3.8) is 0 Å². The molecule has 0 radical (unpaired) electrons. The lowest BCUT2D eigenvalue weighted by molar-refractivity contribution is 1.15. The second kappa shape index (κ2) is 5.57. The van der Waals surface area contributed by atoms with E-state index < -0.39 is 0 Å². The summed E-state index contributed by atoms with van der Waals surface area (Å²) >= 11 is 3.42. The molecule has 0 atom stereocenters. The molecule has 1 aromatic heterocycles. The van der Waals surface area contributed by atoms with E-state index in [-0.39, 0.29) is 5.95 Å². The molecular weight excluding hydrogens is 330 g/mol. The summed E-state index contributed by atoms with van der Waals surface area (Å²) in [6.07, 6.45) is 0. The van der Waals surface area contributed by atoms with E-state index in [1.807, 2.05) is 30.3 Å². The van der Waals surface area contributed by atoms with Crippen molar-refractivity contribution < 1.29 is 0 Å². The quantitative estimate of drug-likeness (QED) is 0.679. The number of nitrogens with zero attached hydrogens (tertiary/aromatic N) is 2. The van der Waals surface area contributed by atoms with Gasteiger partial charge >= 0.3 is 0 Å². The van der Waals surface area contributed by atoms with Gasteiger partial charge in [-0.25, -0.2) is 4.98 Å². The summed E-state index contributed by atoms with van der Waals surface area (Å²) in [4.78, 5) is 8.14. The van der Waals surface area contributed by atoms with Crippen LogP contribution in [0.3, 0.4) is 0 Å². The number of aromatic nitrogens is 2. The van der Waals surface area contributed by atoms with Crippen LogP contribution in [-0.4, -0.2) is 9.97 Å². The number of nitrogen functional groups attached to an aromatic ring is 2. The highest BCUT2D eigenvalue weighted by Gasteiger charge is 2.04. The van der Waals surface area contributed by atoms with Crippen LogP contribution in [0.5, 0.6) is 0 Å². The number of anilines is 3. The number of hydrogen-bond acceptors (Lipinski definition) is 5. The molecule has 5 nitrogen and oxygen atoms in total. The van der Waals surface area contributed by atoms with Gasteiger partial charge in [-0.2, -0.15) is 4.98 Å². The van der Waals surface area contributed by atoms with E-state index in [1.165, 1.54) is 5.56 Å². The van der Waals surface area contributed by atoms with Crippen LogP contribution in [0.1, 0.15) is 5.56 Å². The normalized spacial score (nSPS) is 10.7. The Morgan fingerprint density at radius 1 is 1.00 bits per heavy atom. The first-order chi connectivity index (χ1) is 10.1. The van der Waals surface area contributed by atoms with Crippen LogP contribution in [-0.2, 0) is 6.54 Å². The highest BCUT2D eigenvalue weighted by atomic mass is 79.9. The first-order valence-electron chi connectivity index (χ1n) is 6.43. The second-order valence-electron chi connectivity index (χ2n) is 4.68. The monoisotopic (exact) mass is 343 g/mol. The Morgan fingerprint density at radius 3 is 2.52 bits per heavy atom. The molecule has 6 heteroatoms. The van der Waals surface area contributed by atoms with Crippen LogP contribution in [0, 0.1) is 0 Å². The van der Waals surface area contributed by atoms with Gasteiger partial charge in [-0.1, -0.05) is 28.1 Å². The van der Waals surface area contributed by atoms with Crippen molar-refractivity contribution in [3.8, 4) is 0 Å². The van der Waals surface area contributed by atoms with E-state index in [2.05, 4.69) is 43.3 Å². The average Bonchev–Trinajstić information content (AvgIpc) is 2.47. The van der Waals surface area contributed by atoms with Gasteiger partial charge < -0.3 is 16.8 Å². The first-order valence-corrected chi connectivity index (χ1v) is 7.22. The van der Waals surface area contributed by atoms with Gasteiger partial charge in [0.1, 0.15) is 5.82 Å². The maximum Gasteiger partial charge on any atom is 0.222 e. The smallest absolute Gasteiger partial charge is 0.222 e. The molecule has 0 saturated carbocycles. The van der Waals surface area contributed by atoms with Gasteiger partial charge in [0.25, 0.3) is 0 Å². The zero-order valence-corrected chi connectivity index (χ0v) is 12.8. The van der Waals surface area contributed by atoms with E-state index in [9.17, 15) is 0 Å². The summed E-state index contributed by atoms with van der Waals surface area (Å²) in [5.74, 6) is 0.584. The molecule has 1 heterocycles. The Balaban J connectivity index is 1.83. The van der Waals surface area contributed by atoms with E-state index in [1.54, 1.807) is 0 Å². The Morgan fingerprint density at radius 2 is 1.76 bits per heavy atom. The minimum absolute atomic E-state index is 0.190. The predicted octanol–water partition coefficient (Wildman–Crippen LogP) is 3.17. The third-order valence-electron chi connectivity index (χ3n) is 3.15.